The van der Waals surface area contributed by atoms with Crippen LogP contribution in [0.3, 0.4) is 0 Å². The average molecular weight is 365 g/mol. The molecule has 2 aromatic carbocycles. The van der Waals surface area contributed by atoms with Crippen molar-refractivity contribution in [3.05, 3.63) is 64.7 Å². The van der Waals surface area contributed by atoms with Gasteiger partial charge >= 0.3 is 5.97 Å². The molecule has 27 heavy (non-hydrogen) atoms. The van der Waals surface area contributed by atoms with Crippen LogP contribution < -0.4 is 4.74 Å². The van der Waals surface area contributed by atoms with Gasteiger partial charge in [0.15, 0.2) is 0 Å². The van der Waals surface area contributed by atoms with Crippen LogP contribution in [-0.4, -0.2) is 29.2 Å². The maximum Gasteiger partial charge on any atom is 0.311 e. The van der Waals surface area contributed by atoms with Gasteiger partial charge in [0.2, 0.25) is 0 Å². The van der Waals surface area contributed by atoms with E-state index in [1.54, 1.807) is 30.3 Å². The zero-order valence-electron chi connectivity index (χ0n) is 15.7. The minimum absolute atomic E-state index is 0.232. The lowest BCUT2D eigenvalue weighted by Crippen LogP contribution is -2.30. The SMILES string of the molecule is Cc1ccc(OC(=O)CCCCCN2C(=O)c3ccccc3C2=O)cc1C. The smallest absolute Gasteiger partial charge is 0.311 e. The van der Waals surface area contributed by atoms with Crippen LogP contribution >= 0.6 is 0 Å². The summed E-state index contributed by atoms with van der Waals surface area (Å²) in [5.41, 5.74) is 3.18. The van der Waals surface area contributed by atoms with Gasteiger partial charge in [-0.2, -0.15) is 0 Å². The number of imide groups is 1. The molecule has 0 unspecified atom stereocenters. The Bertz CT molecular complexity index is 853. The summed E-state index contributed by atoms with van der Waals surface area (Å²) >= 11 is 0. The van der Waals surface area contributed by atoms with Gasteiger partial charge in [0.05, 0.1) is 11.1 Å². The number of carbonyl (C=O) groups is 3. The number of benzene rings is 2. The first kappa shape index (κ1) is 18.8. The Morgan fingerprint density at radius 1 is 0.889 bits per heavy atom. The van der Waals surface area contributed by atoms with Crippen LogP contribution in [-0.2, 0) is 4.79 Å². The van der Waals surface area contributed by atoms with Crippen LogP contribution in [0, 0.1) is 13.8 Å². The number of hydrogen-bond acceptors (Lipinski definition) is 4. The number of fused-ring (bicyclic) bond motifs is 1. The van der Waals surface area contributed by atoms with E-state index in [1.807, 2.05) is 26.0 Å². The highest BCUT2D eigenvalue weighted by Crippen LogP contribution is 2.23. The molecule has 0 N–H and O–H groups in total. The van der Waals surface area contributed by atoms with E-state index in [2.05, 4.69) is 0 Å². The number of carbonyl (C=O) groups excluding carboxylic acids is 3. The second-order valence-electron chi connectivity index (χ2n) is 6.84. The molecular weight excluding hydrogens is 342 g/mol. The summed E-state index contributed by atoms with van der Waals surface area (Å²) in [4.78, 5) is 37.8. The lowest BCUT2D eigenvalue weighted by Gasteiger charge is -2.13. The summed E-state index contributed by atoms with van der Waals surface area (Å²) < 4.78 is 5.35. The summed E-state index contributed by atoms with van der Waals surface area (Å²) in [6.07, 6.45) is 2.39. The van der Waals surface area contributed by atoms with E-state index in [4.69, 9.17) is 4.74 Å². The first-order valence-corrected chi connectivity index (χ1v) is 9.20. The average Bonchev–Trinajstić information content (AvgIpc) is 2.89. The largest absolute Gasteiger partial charge is 0.427 e. The molecule has 0 radical (unpaired) electrons. The van der Waals surface area contributed by atoms with E-state index in [9.17, 15) is 14.4 Å². The molecule has 3 rings (SSSR count). The van der Waals surface area contributed by atoms with Crippen LogP contribution in [0.4, 0.5) is 0 Å². The Labute approximate surface area is 158 Å². The van der Waals surface area contributed by atoms with Gasteiger partial charge in [-0.1, -0.05) is 24.6 Å². The van der Waals surface area contributed by atoms with Gasteiger partial charge in [0.25, 0.3) is 11.8 Å². The predicted octanol–water partition coefficient (Wildman–Crippen LogP) is 4.07. The molecule has 1 aliphatic rings. The monoisotopic (exact) mass is 365 g/mol. The number of amides is 2. The van der Waals surface area contributed by atoms with Gasteiger partial charge in [-0.15, -0.1) is 0 Å². The van der Waals surface area contributed by atoms with Crippen molar-refractivity contribution in [1.29, 1.82) is 0 Å². The van der Waals surface area contributed by atoms with Crippen molar-refractivity contribution in [1.82, 2.24) is 4.90 Å². The fourth-order valence-corrected chi connectivity index (χ4v) is 3.12. The van der Waals surface area contributed by atoms with Crippen molar-refractivity contribution in [3.63, 3.8) is 0 Å². The summed E-state index contributed by atoms with van der Waals surface area (Å²) in [5.74, 6) is -0.164. The van der Waals surface area contributed by atoms with Gasteiger partial charge in [-0.05, 0) is 62.1 Å². The number of rotatable bonds is 7. The Morgan fingerprint density at radius 2 is 1.56 bits per heavy atom. The van der Waals surface area contributed by atoms with Crippen LogP contribution in [0.5, 0.6) is 5.75 Å². The van der Waals surface area contributed by atoms with Gasteiger partial charge in [-0.25, -0.2) is 0 Å². The zero-order chi connectivity index (χ0) is 19.4. The maximum absolute atomic E-state index is 12.3. The topological polar surface area (TPSA) is 63.7 Å². The Morgan fingerprint density at radius 3 is 2.19 bits per heavy atom. The molecule has 0 aliphatic carbocycles. The summed E-state index contributed by atoms with van der Waals surface area (Å²) in [5, 5.41) is 0. The second-order valence-corrected chi connectivity index (χ2v) is 6.84. The first-order valence-electron chi connectivity index (χ1n) is 9.20. The number of nitrogens with zero attached hydrogens (tertiary/aromatic N) is 1. The number of unbranched alkanes of at least 4 members (excludes halogenated alkanes) is 2. The van der Waals surface area contributed by atoms with Crippen LogP contribution in [0.25, 0.3) is 0 Å². The fraction of sp³-hybridized carbons (Fsp3) is 0.318. The highest BCUT2D eigenvalue weighted by atomic mass is 16.5. The Hall–Kier alpha value is -2.95. The highest BCUT2D eigenvalue weighted by Gasteiger charge is 2.34. The second kappa shape index (κ2) is 8.16. The molecule has 5 nitrogen and oxygen atoms in total. The van der Waals surface area contributed by atoms with Gasteiger partial charge in [0.1, 0.15) is 5.75 Å². The van der Waals surface area contributed by atoms with E-state index in [0.717, 1.165) is 17.5 Å². The maximum atomic E-state index is 12.3. The fourth-order valence-electron chi connectivity index (χ4n) is 3.12. The summed E-state index contributed by atoms with van der Waals surface area (Å²) in [7, 11) is 0. The molecule has 0 saturated heterocycles. The van der Waals surface area contributed by atoms with Crippen molar-refractivity contribution in [3.8, 4) is 5.75 Å². The Kier molecular flexibility index (Phi) is 5.69. The molecule has 140 valence electrons. The van der Waals surface area contributed by atoms with Crippen molar-refractivity contribution >= 4 is 17.8 Å². The van der Waals surface area contributed by atoms with Crippen LogP contribution in [0.2, 0.25) is 0 Å². The lowest BCUT2D eigenvalue weighted by molar-refractivity contribution is -0.134. The molecule has 0 bridgehead atoms. The number of esters is 1. The number of ether oxygens (including phenoxy) is 1. The van der Waals surface area contributed by atoms with Gasteiger partial charge in [0, 0.05) is 13.0 Å². The Balaban J connectivity index is 1.40. The molecule has 0 atom stereocenters. The van der Waals surface area contributed by atoms with Crippen molar-refractivity contribution in [2.45, 2.75) is 39.5 Å². The van der Waals surface area contributed by atoms with Crippen molar-refractivity contribution in [2.75, 3.05) is 6.54 Å². The summed E-state index contributed by atoms with van der Waals surface area (Å²) in [6, 6.07) is 12.5. The molecule has 2 aromatic rings. The number of aryl methyl sites for hydroxylation is 2. The lowest BCUT2D eigenvalue weighted by atomic mass is 10.1. The molecule has 2 amide bonds. The third-order valence-corrected chi connectivity index (χ3v) is 4.85. The zero-order valence-corrected chi connectivity index (χ0v) is 15.7. The third kappa shape index (κ3) is 4.25. The molecule has 0 saturated carbocycles. The molecule has 0 spiro atoms. The highest BCUT2D eigenvalue weighted by molar-refractivity contribution is 6.21. The van der Waals surface area contributed by atoms with E-state index >= 15 is 0 Å². The van der Waals surface area contributed by atoms with E-state index < -0.39 is 0 Å². The van der Waals surface area contributed by atoms with E-state index in [1.165, 1.54) is 4.90 Å². The quantitative estimate of drug-likeness (QED) is 0.321. The van der Waals surface area contributed by atoms with Crippen LogP contribution in [0.15, 0.2) is 42.5 Å². The molecular formula is C22H23NO4. The summed E-state index contributed by atoms with van der Waals surface area (Å²) in [6.45, 7) is 4.36. The van der Waals surface area contributed by atoms with E-state index in [0.29, 0.717) is 42.7 Å². The molecule has 1 aliphatic heterocycles. The molecule has 5 heteroatoms. The first-order chi connectivity index (χ1) is 13.0. The van der Waals surface area contributed by atoms with Gasteiger partial charge < -0.3 is 4.74 Å². The minimum atomic E-state index is -0.265. The normalized spacial score (nSPS) is 13.0. The van der Waals surface area contributed by atoms with Crippen molar-refractivity contribution < 1.29 is 19.1 Å². The molecule has 0 fully saturated rings. The predicted molar refractivity (Wildman–Crippen MR) is 102 cm³/mol. The van der Waals surface area contributed by atoms with Crippen molar-refractivity contribution in [2.24, 2.45) is 0 Å². The van der Waals surface area contributed by atoms with Gasteiger partial charge in [-0.3, -0.25) is 19.3 Å². The van der Waals surface area contributed by atoms with E-state index in [-0.39, 0.29) is 17.8 Å². The molecule has 0 aromatic heterocycles. The standard InChI is InChI=1S/C22H23NO4/c1-15-11-12-17(14-16(15)2)27-20(24)10-4-3-7-13-23-21(25)18-8-5-6-9-19(18)22(23)26/h5-6,8-9,11-12,14H,3-4,7,10,13H2,1-2H3. The number of hydrogen-bond donors (Lipinski definition) is 0. The van der Waals surface area contributed by atoms with Crippen LogP contribution in [0.1, 0.15) is 57.5 Å². The third-order valence-electron chi connectivity index (χ3n) is 4.85. The minimum Gasteiger partial charge on any atom is -0.427 e. The molecule has 1 heterocycles.